The Morgan fingerprint density at radius 2 is 0.898 bits per heavy atom. The van der Waals surface area contributed by atoms with E-state index >= 15 is 0 Å². The largest absolute Gasteiger partial charge is 0.462 e. The molecule has 1 aliphatic heterocycles. The van der Waals surface area contributed by atoms with Crippen molar-refractivity contribution in [2.75, 3.05) is 33.0 Å². The second-order valence-corrected chi connectivity index (χ2v) is 16.6. The normalized spacial score (nSPS) is 13.0. The lowest BCUT2D eigenvalue weighted by Gasteiger charge is -2.18. The maximum atomic E-state index is 12.7. The van der Waals surface area contributed by atoms with E-state index in [0.717, 1.165) is 43.4 Å². The first kappa shape index (κ1) is 54.2. The molecule has 59 heavy (non-hydrogen) atoms. The molecule has 1 atom stereocenters. The number of ether oxygens (including phenoxy) is 3. The van der Waals surface area contributed by atoms with Crippen LogP contribution in [0.5, 0.6) is 0 Å². The number of nitrogens with zero attached hydrogens (tertiary/aromatic N) is 1. The van der Waals surface area contributed by atoms with Crippen molar-refractivity contribution in [3.63, 3.8) is 0 Å². The van der Waals surface area contributed by atoms with Crippen molar-refractivity contribution in [2.24, 2.45) is 0 Å². The first-order chi connectivity index (χ1) is 28.9. The molecule has 1 unspecified atom stereocenters. The molecule has 1 heterocycles. The van der Waals surface area contributed by atoms with Crippen molar-refractivity contribution < 1.29 is 43.0 Å². The Hall–Kier alpha value is -2.79. The van der Waals surface area contributed by atoms with E-state index < -0.39 is 23.8 Å². The summed E-state index contributed by atoms with van der Waals surface area (Å²) in [5.74, 6) is -2.01. The van der Waals surface area contributed by atoms with Gasteiger partial charge in [-0.2, -0.15) is 0 Å². The Bertz CT molecular complexity index is 1080. The van der Waals surface area contributed by atoms with Crippen molar-refractivity contribution >= 4 is 29.7 Å². The van der Waals surface area contributed by atoms with Gasteiger partial charge in [0.15, 0.2) is 6.10 Å². The van der Waals surface area contributed by atoms with Crippen LogP contribution >= 0.6 is 0 Å². The quantitative estimate of drug-likeness (QED) is 0.0275. The molecule has 0 bridgehead atoms. The van der Waals surface area contributed by atoms with Gasteiger partial charge in [0.25, 0.3) is 11.8 Å². The highest BCUT2D eigenvalue weighted by Gasteiger charge is 2.23. The first-order valence-corrected chi connectivity index (χ1v) is 24.2. The maximum Gasteiger partial charge on any atom is 0.306 e. The van der Waals surface area contributed by atoms with Gasteiger partial charge in [0, 0.05) is 38.0 Å². The second-order valence-electron chi connectivity index (χ2n) is 16.6. The van der Waals surface area contributed by atoms with Crippen LogP contribution in [0.1, 0.15) is 226 Å². The fraction of sp³-hybridized carbons (Fsp3) is 0.854. The fourth-order valence-electron chi connectivity index (χ4n) is 7.26. The topological polar surface area (TPSA) is 138 Å². The van der Waals surface area contributed by atoms with Gasteiger partial charge in [-0.15, -0.1) is 0 Å². The third-order valence-corrected chi connectivity index (χ3v) is 11.0. The lowest BCUT2D eigenvalue weighted by atomic mass is 10.0. The van der Waals surface area contributed by atoms with Crippen LogP contribution in [0.2, 0.25) is 0 Å². The SMILES string of the molecule is CCCCCCCCCCCCCCCCCC(=O)OCC(COCCONC(=O)CCN1C(=O)C=CC1=O)OC(=O)CCCCCCCCCCCCCCCCC. The summed E-state index contributed by atoms with van der Waals surface area (Å²) in [4.78, 5) is 66.7. The van der Waals surface area contributed by atoms with Crippen molar-refractivity contribution in [1.82, 2.24) is 10.4 Å². The molecule has 3 amide bonds. The average molecular weight is 835 g/mol. The maximum absolute atomic E-state index is 12.7. The van der Waals surface area contributed by atoms with Crippen LogP contribution in [0.15, 0.2) is 12.2 Å². The van der Waals surface area contributed by atoms with E-state index in [9.17, 15) is 24.0 Å². The summed E-state index contributed by atoms with van der Waals surface area (Å²) in [6, 6.07) is 0. The molecule has 0 saturated carbocycles. The van der Waals surface area contributed by atoms with Crippen LogP contribution in [0.25, 0.3) is 0 Å². The van der Waals surface area contributed by atoms with E-state index in [1.54, 1.807) is 0 Å². The molecule has 0 aromatic rings. The summed E-state index contributed by atoms with van der Waals surface area (Å²) >= 11 is 0. The minimum Gasteiger partial charge on any atom is -0.462 e. The summed E-state index contributed by atoms with van der Waals surface area (Å²) in [7, 11) is 0. The number of imide groups is 1. The number of unbranched alkanes of at least 4 members (excludes halogenated alkanes) is 28. The highest BCUT2D eigenvalue weighted by atomic mass is 16.7. The Kier molecular flexibility index (Phi) is 37.3. The second kappa shape index (κ2) is 40.6. The monoisotopic (exact) mass is 835 g/mol. The lowest BCUT2D eigenvalue weighted by Crippen LogP contribution is -2.35. The number of amides is 3. The van der Waals surface area contributed by atoms with Crippen molar-refractivity contribution in [1.29, 1.82) is 0 Å². The van der Waals surface area contributed by atoms with Gasteiger partial charge in [-0.05, 0) is 12.8 Å². The molecule has 1 rings (SSSR count). The van der Waals surface area contributed by atoms with Crippen LogP contribution in [-0.2, 0) is 43.0 Å². The van der Waals surface area contributed by atoms with E-state index in [-0.39, 0.29) is 51.3 Å². The Balaban J connectivity index is 2.25. The fourth-order valence-corrected chi connectivity index (χ4v) is 7.26. The highest BCUT2D eigenvalue weighted by molar-refractivity contribution is 6.13. The molecule has 11 nitrogen and oxygen atoms in total. The third kappa shape index (κ3) is 34.6. The van der Waals surface area contributed by atoms with Gasteiger partial charge in [-0.1, -0.05) is 194 Å². The highest BCUT2D eigenvalue weighted by Crippen LogP contribution is 2.16. The number of hydrogen-bond donors (Lipinski definition) is 1. The molecular weight excluding hydrogens is 749 g/mol. The molecule has 0 saturated heterocycles. The lowest BCUT2D eigenvalue weighted by molar-refractivity contribution is -0.163. The Morgan fingerprint density at radius 3 is 1.32 bits per heavy atom. The van der Waals surface area contributed by atoms with Crippen molar-refractivity contribution in [2.45, 2.75) is 232 Å². The van der Waals surface area contributed by atoms with Gasteiger partial charge < -0.3 is 14.2 Å². The molecule has 342 valence electrons. The molecule has 0 spiro atoms. The number of esters is 2. The van der Waals surface area contributed by atoms with Crippen molar-refractivity contribution in [3.8, 4) is 0 Å². The van der Waals surface area contributed by atoms with Gasteiger partial charge in [-0.25, -0.2) is 5.48 Å². The van der Waals surface area contributed by atoms with Crippen LogP contribution in [0.3, 0.4) is 0 Å². The number of hydroxylamine groups is 1. The number of rotatable bonds is 44. The van der Waals surface area contributed by atoms with Crippen LogP contribution in [0.4, 0.5) is 0 Å². The summed E-state index contributed by atoms with van der Waals surface area (Å²) in [5, 5.41) is 0. The van der Waals surface area contributed by atoms with Crippen molar-refractivity contribution in [3.05, 3.63) is 12.2 Å². The van der Waals surface area contributed by atoms with Crippen LogP contribution in [-0.4, -0.2) is 73.6 Å². The number of carbonyl (C=O) groups is 5. The molecular formula is C48H86N2O9. The first-order valence-electron chi connectivity index (χ1n) is 24.2. The zero-order valence-corrected chi connectivity index (χ0v) is 37.7. The minimum absolute atomic E-state index is 0.0142. The van der Waals surface area contributed by atoms with E-state index in [4.69, 9.17) is 19.0 Å². The number of nitrogens with one attached hydrogen (secondary N) is 1. The smallest absolute Gasteiger partial charge is 0.306 e. The molecule has 0 fully saturated rings. The molecule has 0 aliphatic carbocycles. The molecule has 0 aromatic carbocycles. The third-order valence-electron chi connectivity index (χ3n) is 11.0. The molecule has 0 aromatic heterocycles. The average Bonchev–Trinajstić information content (AvgIpc) is 3.55. The number of hydrogen-bond acceptors (Lipinski definition) is 9. The van der Waals surface area contributed by atoms with E-state index in [0.29, 0.717) is 12.8 Å². The van der Waals surface area contributed by atoms with Gasteiger partial charge in [-0.3, -0.25) is 33.7 Å². The summed E-state index contributed by atoms with van der Waals surface area (Å²) in [5.41, 5.74) is 2.27. The number of carbonyl (C=O) groups excluding carboxylic acids is 5. The molecule has 0 radical (unpaired) electrons. The predicted octanol–water partition coefficient (Wildman–Crippen LogP) is 11.3. The molecule has 1 aliphatic rings. The summed E-state index contributed by atoms with van der Waals surface area (Å²) in [6.07, 6.45) is 39.8. The van der Waals surface area contributed by atoms with Crippen LogP contribution in [0, 0.1) is 0 Å². The van der Waals surface area contributed by atoms with Gasteiger partial charge in [0.2, 0.25) is 5.91 Å². The van der Waals surface area contributed by atoms with Crippen LogP contribution < -0.4 is 5.48 Å². The standard InChI is InChI=1S/C48H86N2O9/c1-3-5-7-9-11-13-15-17-19-21-23-25-27-29-31-33-47(54)57-42-43(41-56-39-40-58-49-44(51)37-38-50-45(52)35-36-46(50)53)59-48(55)34-32-30-28-26-24-22-20-18-16-14-12-10-8-6-4-2/h35-36,43H,3-34,37-42H2,1-2H3,(H,49,51). The zero-order chi connectivity index (χ0) is 42.9. The summed E-state index contributed by atoms with van der Waals surface area (Å²) in [6.45, 7) is 4.53. The zero-order valence-electron chi connectivity index (χ0n) is 37.7. The summed E-state index contributed by atoms with van der Waals surface area (Å²) < 4.78 is 16.8. The Labute approximate surface area is 359 Å². The van der Waals surface area contributed by atoms with Gasteiger partial charge in [0.05, 0.1) is 19.8 Å². The Morgan fingerprint density at radius 1 is 0.508 bits per heavy atom. The minimum atomic E-state index is -0.748. The van der Waals surface area contributed by atoms with E-state index in [1.807, 2.05) is 0 Å². The van der Waals surface area contributed by atoms with Gasteiger partial charge >= 0.3 is 11.9 Å². The van der Waals surface area contributed by atoms with Gasteiger partial charge in [0.1, 0.15) is 6.61 Å². The molecule has 1 N–H and O–H groups in total. The van der Waals surface area contributed by atoms with E-state index in [1.165, 1.54) is 166 Å². The predicted molar refractivity (Wildman–Crippen MR) is 235 cm³/mol. The molecule has 11 heteroatoms. The van der Waals surface area contributed by atoms with E-state index in [2.05, 4.69) is 19.3 Å².